The molecule has 0 bridgehead atoms. The Morgan fingerprint density at radius 2 is 1.88 bits per heavy atom. The summed E-state index contributed by atoms with van der Waals surface area (Å²) in [5.41, 5.74) is 3.60. The van der Waals surface area contributed by atoms with Gasteiger partial charge in [-0.05, 0) is 42.2 Å². The molecule has 0 heterocycles. The maximum Gasteiger partial charge on any atom is 0.310 e. The lowest BCUT2D eigenvalue weighted by Gasteiger charge is -2.13. The van der Waals surface area contributed by atoms with Gasteiger partial charge in [-0.25, -0.2) is 0 Å². The average molecular weight is 341 g/mol. The molecule has 0 unspecified atom stereocenters. The van der Waals surface area contributed by atoms with Crippen molar-refractivity contribution in [2.75, 3.05) is 19.0 Å². The highest BCUT2D eigenvalue weighted by Gasteiger charge is 2.12. The van der Waals surface area contributed by atoms with Crippen molar-refractivity contribution in [2.45, 2.75) is 26.7 Å². The third-order valence-electron chi connectivity index (χ3n) is 3.85. The third-order valence-corrected chi connectivity index (χ3v) is 3.85. The summed E-state index contributed by atoms with van der Waals surface area (Å²) in [5, 5.41) is 2.83. The number of anilines is 1. The first kappa shape index (κ1) is 18.5. The second-order valence-corrected chi connectivity index (χ2v) is 5.70. The first-order valence-electron chi connectivity index (χ1n) is 8.20. The van der Waals surface area contributed by atoms with Gasteiger partial charge < -0.3 is 14.8 Å². The molecule has 132 valence electrons. The Kier molecular flexibility index (Phi) is 6.57. The third kappa shape index (κ3) is 5.35. The van der Waals surface area contributed by atoms with Crippen molar-refractivity contribution < 1.29 is 19.1 Å². The lowest BCUT2D eigenvalue weighted by molar-refractivity contribution is -0.146. The topological polar surface area (TPSA) is 64.6 Å². The molecule has 25 heavy (non-hydrogen) atoms. The summed E-state index contributed by atoms with van der Waals surface area (Å²) in [6.07, 6.45) is 0.905. The molecule has 2 aromatic rings. The van der Waals surface area contributed by atoms with Gasteiger partial charge in [-0.1, -0.05) is 37.3 Å². The molecule has 1 N–H and O–H groups in total. The van der Waals surface area contributed by atoms with Gasteiger partial charge >= 0.3 is 5.97 Å². The Labute approximate surface area is 148 Å². The fourth-order valence-electron chi connectivity index (χ4n) is 2.52. The smallest absolute Gasteiger partial charge is 0.310 e. The molecule has 5 nitrogen and oxygen atoms in total. The zero-order valence-corrected chi connectivity index (χ0v) is 14.8. The zero-order valence-electron chi connectivity index (χ0n) is 14.8. The van der Waals surface area contributed by atoms with Crippen LogP contribution in [0.15, 0.2) is 42.5 Å². The predicted molar refractivity (Wildman–Crippen MR) is 96.8 cm³/mol. The van der Waals surface area contributed by atoms with Crippen LogP contribution in [0.1, 0.15) is 23.6 Å². The maximum absolute atomic E-state index is 12.1. The minimum atomic E-state index is -0.455. The number of benzene rings is 2. The van der Waals surface area contributed by atoms with Gasteiger partial charge in [-0.2, -0.15) is 0 Å². The van der Waals surface area contributed by atoms with Crippen LogP contribution in [0.2, 0.25) is 0 Å². The van der Waals surface area contributed by atoms with Crippen molar-refractivity contribution >= 4 is 17.6 Å². The minimum absolute atomic E-state index is 0.0923. The Bertz CT molecular complexity index is 755. The van der Waals surface area contributed by atoms with Gasteiger partial charge in [0.1, 0.15) is 5.75 Å². The van der Waals surface area contributed by atoms with Crippen LogP contribution in [-0.4, -0.2) is 25.6 Å². The first-order chi connectivity index (χ1) is 12.0. The van der Waals surface area contributed by atoms with Gasteiger partial charge in [-0.3, -0.25) is 9.59 Å². The van der Waals surface area contributed by atoms with E-state index < -0.39 is 5.97 Å². The summed E-state index contributed by atoms with van der Waals surface area (Å²) in [6, 6.07) is 13.0. The molecule has 0 saturated carbocycles. The number of amides is 1. The number of rotatable bonds is 7. The van der Waals surface area contributed by atoms with E-state index in [1.807, 2.05) is 38.1 Å². The van der Waals surface area contributed by atoms with Crippen molar-refractivity contribution in [3.05, 3.63) is 59.2 Å². The molecule has 0 aliphatic carbocycles. The van der Waals surface area contributed by atoms with Crippen molar-refractivity contribution in [2.24, 2.45) is 0 Å². The van der Waals surface area contributed by atoms with Gasteiger partial charge in [0.2, 0.25) is 0 Å². The number of aryl methyl sites for hydroxylation is 2. The molecule has 0 aliphatic heterocycles. The van der Waals surface area contributed by atoms with E-state index in [0.29, 0.717) is 5.75 Å². The minimum Gasteiger partial charge on any atom is -0.497 e. The van der Waals surface area contributed by atoms with E-state index in [1.165, 1.54) is 0 Å². The molecule has 5 heteroatoms. The van der Waals surface area contributed by atoms with E-state index in [2.05, 4.69) is 5.32 Å². The molecule has 0 radical (unpaired) electrons. The number of para-hydroxylation sites is 1. The van der Waals surface area contributed by atoms with Crippen LogP contribution in [-0.2, 0) is 27.2 Å². The van der Waals surface area contributed by atoms with Gasteiger partial charge in [0.15, 0.2) is 6.61 Å². The molecule has 2 aromatic carbocycles. The highest BCUT2D eigenvalue weighted by atomic mass is 16.5. The summed E-state index contributed by atoms with van der Waals surface area (Å²) in [4.78, 5) is 24.0. The van der Waals surface area contributed by atoms with E-state index in [1.54, 1.807) is 25.3 Å². The summed E-state index contributed by atoms with van der Waals surface area (Å²) in [7, 11) is 1.57. The lowest BCUT2D eigenvalue weighted by Crippen LogP contribution is -2.22. The molecular formula is C20H23NO4. The van der Waals surface area contributed by atoms with E-state index in [9.17, 15) is 9.59 Å². The fraction of sp³-hybridized carbons (Fsp3) is 0.300. The number of methoxy groups -OCH3 is 1. The highest BCUT2D eigenvalue weighted by molar-refractivity contribution is 5.94. The fourth-order valence-corrected chi connectivity index (χ4v) is 2.52. The second-order valence-electron chi connectivity index (χ2n) is 5.70. The molecule has 2 rings (SSSR count). The normalized spacial score (nSPS) is 10.2. The lowest BCUT2D eigenvalue weighted by atomic mass is 10.1. The van der Waals surface area contributed by atoms with E-state index in [0.717, 1.165) is 28.8 Å². The highest BCUT2D eigenvalue weighted by Crippen LogP contribution is 2.21. The van der Waals surface area contributed by atoms with Crippen LogP contribution in [0.3, 0.4) is 0 Å². The molecule has 1 amide bonds. The van der Waals surface area contributed by atoms with Gasteiger partial charge in [0, 0.05) is 5.69 Å². The number of esters is 1. The standard InChI is InChI=1S/C20H23NO4/c1-4-16-9-5-7-14(2)20(16)21-18(22)13-25-19(23)12-15-8-6-10-17(11-15)24-3/h5-11H,4,12-13H2,1-3H3,(H,21,22). The van der Waals surface area contributed by atoms with Gasteiger partial charge in [-0.15, -0.1) is 0 Å². The van der Waals surface area contributed by atoms with Crippen molar-refractivity contribution in [3.8, 4) is 5.75 Å². The molecule has 0 aromatic heterocycles. The Morgan fingerprint density at radius 3 is 2.60 bits per heavy atom. The quantitative estimate of drug-likeness (QED) is 0.785. The largest absolute Gasteiger partial charge is 0.497 e. The number of nitrogens with one attached hydrogen (secondary N) is 1. The summed E-state index contributed by atoms with van der Waals surface area (Å²) < 4.78 is 10.2. The van der Waals surface area contributed by atoms with Crippen molar-refractivity contribution in [1.29, 1.82) is 0 Å². The maximum atomic E-state index is 12.1. The second kappa shape index (κ2) is 8.87. The number of hydrogen-bond donors (Lipinski definition) is 1. The van der Waals surface area contributed by atoms with Gasteiger partial charge in [0.05, 0.1) is 13.5 Å². The van der Waals surface area contributed by atoms with Crippen LogP contribution in [0, 0.1) is 6.92 Å². The number of hydrogen-bond acceptors (Lipinski definition) is 4. The number of carbonyl (C=O) groups is 2. The number of ether oxygens (including phenoxy) is 2. The van der Waals surface area contributed by atoms with Crippen molar-refractivity contribution in [1.82, 2.24) is 0 Å². The van der Waals surface area contributed by atoms with E-state index in [4.69, 9.17) is 9.47 Å². The first-order valence-corrected chi connectivity index (χ1v) is 8.20. The van der Waals surface area contributed by atoms with Crippen molar-refractivity contribution in [3.63, 3.8) is 0 Å². The monoisotopic (exact) mass is 341 g/mol. The summed E-state index contributed by atoms with van der Waals surface area (Å²) >= 11 is 0. The van der Waals surface area contributed by atoms with Crippen LogP contribution in [0.25, 0.3) is 0 Å². The van der Waals surface area contributed by atoms with E-state index in [-0.39, 0.29) is 18.9 Å². The average Bonchev–Trinajstić information content (AvgIpc) is 2.62. The zero-order chi connectivity index (χ0) is 18.2. The molecular weight excluding hydrogens is 318 g/mol. The molecule has 0 saturated heterocycles. The molecule has 0 aliphatic rings. The van der Waals surface area contributed by atoms with Crippen LogP contribution in [0.5, 0.6) is 5.75 Å². The number of carbonyl (C=O) groups excluding carboxylic acids is 2. The van der Waals surface area contributed by atoms with Crippen LogP contribution >= 0.6 is 0 Å². The predicted octanol–water partition coefficient (Wildman–Crippen LogP) is 3.29. The Hall–Kier alpha value is -2.82. The van der Waals surface area contributed by atoms with E-state index >= 15 is 0 Å². The molecule has 0 spiro atoms. The van der Waals surface area contributed by atoms with Crippen LogP contribution in [0.4, 0.5) is 5.69 Å². The Balaban J connectivity index is 1.88. The summed E-state index contributed by atoms with van der Waals surface area (Å²) in [6.45, 7) is 3.66. The SMILES string of the molecule is CCc1cccc(C)c1NC(=O)COC(=O)Cc1cccc(OC)c1. The Morgan fingerprint density at radius 1 is 1.12 bits per heavy atom. The molecule has 0 atom stereocenters. The van der Waals surface area contributed by atoms with Gasteiger partial charge in [0.25, 0.3) is 5.91 Å². The summed E-state index contributed by atoms with van der Waals surface area (Å²) in [5.74, 6) is -0.124. The molecule has 0 fully saturated rings. The van der Waals surface area contributed by atoms with Crippen LogP contribution < -0.4 is 10.1 Å².